The van der Waals surface area contributed by atoms with E-state index in [9.17, 15) is 4.79 Å². The molecule has 0 spiro atoms. The predicted molar refractivity (Wildman–Crippen MR) is 112 cm³/mol. The van der Waals surface area contributed by atoms with Gasteiger partial charge in [0.25, 0.3) is 0 Å². The quantitative estimate of drug-likeness (QED) is 0.495. The number of aromatic nitrogens is 5. The molecule has 0 aliphatic carbocycles. The Bertz CT molecular complexity index is 1450. The van der Waals surface area contributed by atoms with E-state index >= 15 is 0 Å². The van der Waals surface area contributed by atoms with E-state index in [0.717, 1.165) is 61.3 Å². The third-order valence-corrected chi connectivity index (χ3v) is 5.43. The number of rotatable bonds is 2. The third kappa shape index (κ3) is 2.51. The summed E-state index contributed by atoms with van der Waals surface area (Å²) in [5.74, 6) is 0.737. The van der Waals surface area contributed by atoms with Crippen molar-refractivity contribution in [2.45, 2.75) is 20.8 Å². The number of imidazole rings is 1. The van der Waals surface area contributed by atoms with Crippen molar-refractivity contribution in [3.05, 3.63) is 64.0 Å². The maximum atomic E-state index is 12.5. The summed E-state index contributed by atoms with van der Waals surface area (Å²) in [6, 6.07) is 12.0. The summed E-state index contributed by atoms with van der Waals surface area (Å²) in [6.45, 7) is 5.74. The van der Waals surface area contributed by atoms with Crippen molar-refractivity contribution in [2.24, 2.45) is 7.05 Å². The minimum absolute atomic E-state index is 0.166. The highest BCUT2D eigenvalue weighted by Gasteiger charge is 2.20. The van der Waals surface area contributed by atoms with Crippen molar-refractivity contribution < 1.29 is 4.52 Å². The molecule has 5 rings (SSSR count). The summed E-state index contributed by atoms with van der Waals surface area (Å²) >= 11 is 0. The molecule has 0 aliphatic rings. The van der Waals surface area contributed by atoms with Gasteiger partial charge in [-0.05, 0) is 44.5 Å². The molecular formula is C22H19N5O2. The van der Waals surface area contributed by atoms with Crippen molar-refractivity contribution in [1.29, 1.82) is 0 Å². The van der Waals surface area contributed by atoms with E-state index in [1.807, 2.05) is 51.1 Å². The lowest BCUT2D eigenvalue weighted by Crippen LogP contribution is -2.12. The lowest BCUT2D eigenvalue weighted by Gasteiger charge is -2.13. The first-order valence-electron chi connectivity index (χ1n) is 9.34. The van der Waals surface area contributed by atoms with Crippen LogP contribution in [0.3, 0.4) is 0 Å². The smallest absolute Gasteiger partial charge is 0.326 e. The average molecular weight is 385 g/mol. The van der Waals surface area contributed by atoms with E-state index in [0.29, 0.717) is 0 Å². The van der Waals surface area contributed by atoms with Gasteiger partial charge in [0.05, 0.1) is 27.9 Å². The zero-order valence-electron chi connectivity index (χ0n) is 16.6. The summed E-state index contributed by atoms with van der Waals surface area (Å²) in [7, 11) is 1.77. The summed E-state index contributed by atoms with van der Waals surface area (Å²) in [5, 5.41) is 13.8. The summed E-state index contributed by atoms with van der Waals surface area (Å²) < 4.78 is 7.02. The molecule has 29 heavy (non-hydrogen) atoms. The summed E-state index contributed by atoms with van der Waals surface area (Å²) in [4.78, 5) is 15.4. The van der Waals surface area contributed by atoms with Crippen molar-refractivity contribution >= 4 is 21.9 Å². The Labute approximate surface area is 166 Å². The maximum absolute atomic E-state index is 12.5. The fourth-order valence-electron chi connectivity index (χ4n) is 4.11. The second-order valence-electron chi connectivity index (χ2n) is 7.29. The van der Waals surface area contributed by atoms with Gasteiger partial charge >= 0.3 is 5.69 Å². The molecule has 3 aromatic heterocycles. The van der Waals surface area contributed by atoms with Crippen LogP contribution in [-0.2, 0) is 7.05 Å². The minimum atomic E-state index is -0.166. The van der Waals surface area contributed by atoms with Crippen LogP contribution in [-0.4, -0.2) is 24.9 Å². The highest BCUT2D eigenvalue weighted by atomic mass is 16.5. The fourth-order valence-corrected chi connectivity index (χ4v) is 4.11. The molecule has 0 saturated heterocycles. The molecule has 5 aromatic rings. The normalized spacial score (nSPS) is 11.6. The van der Waals surface area contributed by atoms with Crippen LogP contribution in [0.5, 0.6) is 0 Å². The number of aromatic amines is 1. The molecule has 7 heteroatoms. The Balaban J connectivity index is 1.97. The molecule has 0 saturated carbocycles. The SMILES string of the molecule is Cc1noc(C)c1-c1cc(-c2c(C)nnc3ccccc23)c2c(c1)[nH]c(=O)n2C. The molecule has 2 aromatic carbocycles. The lowest BCUT2D eigenvalue weighted by atomic mass is 9.94. The predicted octanol–water partition coefficient (Wildman–Crippen LogP) is 4.06. The second-order valence-corrected chi connectivity index (χ2v) is 7.29. The average Bonchev–Trinajstić information content (AvgIpc) is 3.19. The Morgan fingerprint density at radius 2 is 1.79 bits per heavy atom. The van der Waals surface area contributed by atoms with Gasteiger partial charge in [0.2, 0.25) is 0 Å². The first-order chi connectivity index (χ1) is 14.0. The molecule has 3 heterocycles. The zero-order valence-corrected chi connectivity index (χ0v) is 16.6. The first kappa shape index (κ1) is 17.4. The van der Waals surface area contributed by atoms with Crippen LogP contribution in [0.25, 0.3) is 44.2 Å². The van der Waals surface area contributed by atoms with Crippen LogP contribution < -0.4 is 5.69 Å². The highest BCUT2D eigenvalue weighted by molar-refractivity contribution is 6.05. The Kier molecular flexibility index (Phi) is 3.67. The van der Waals surface area contributed by atoms with Crippen LogP contribution in [0.4, 0.5) is 0 Å². The molecule has 0 atom stereocenters. The van der Waals surface area contributed by atoms with Gasteiger partial charge in [0, 0.05) is 29.1 Å². The molecule has 0 amide bonds. The van der Waals surface area contributed by atoms with Crippen LogP contribution in [0.15, 0.2) is 45.7 Å². The minimum Gasteiger partial charge on any atom is -0.361 e. The molecule has 0 fully saturated rings. The van der Waals surface area contributed by atoms with E-state index in [1.54, 1.807) is 11.6 Å². The van der Waals surface area contributed by atoms with Crippen molar-refractivity contribution in [1.82, 2.24) is 24.9 Å². The maximum Gasteiger partial charge on any atom is 0.326 e. The Hall–Kier alpha value is -3.74. The van der Waals surface area contributed by atoms with E-state index in [-0.39, 0.29) is 5.69 Å². The molecule has 0 aliphatic heterocycles. The van der Waals surface area contributed by atoms with E-state index in [2.05, 4.69) is 26.4 Å². The Morgan fingerprint density at radius 3 is 2.55 bits per heavy atom. The van der Waals surface area contributed by atoms with Crippen LogP contribution in [0, 0.1) is 20.8 Å². The van der Waals surface area contributed by atoms with Crippen LogP contribution in [0.1, 0.15) is 17.1 Å². The number of fused-ring (bicyclic) bond motifs is 2. The van der Waals surface area contributed by atoms with Gasteiger partial charge in [0.1, 0.15) is 5.76 Å². The van der Waals surface area contributed by atoms with Gasteiger partial charge in [-0.1, -0.05) is 23.4 Å². The van der Waals surface area contributed by atoms with Gasteiger partial charge in [0.15, 0.2) is 0 Å². The van der Waals surface area contributed by atoms with E-state index in [1.165, 1.54) is 0 Å². The topological polar surface area (TPSA) is 89.6 Å². The summed E-state index contributed by atoms with van der Waals surface area (Å²) in [5.41, 5.74) is 7.58. The number of nitrogens with zero attached hydrogens (tertiary/aromatic N) is 4. The third-order valence-electron chi connectivity index (χ3n) is 5.43. The van der Waals surface area contributed by atoms with Gasteiger partial charge in [-0.25, -0.2) is 4.79 Å². The first-order valence-corrected chi connectivity index (χ1v) is 9.34. The van der Waals surface area contributed by atoms with Gasteiger partial charge < -0.3 is 9.51 Å². The number of aryl methyl sites for hydroxylation is 4. The Morgan fingerprint density at radius 1 is 1.00 bits per heavy atom. The number of nitrogens with one attached hydrogen (secondary N) is 1. The standard InChI is InChI=1S/C22H19N5O2/c1-11-20(15-7-5-6-8-17(15)25-24-11)16-9-14(19-12(2)26-29-13(19)3)10-18-21(16)27(4)22(28)23-18/h5-10H,1-4H3,(H,23,28). The van der Waals surface area contributed by atoms with Gasteiger partial charge in [-0.15, -0.1) is 0 Å². The van der Waals surface area contributed by atoms with E-state index < -0.39 is 0 Å². The molecular weight excluding hydrogens is 366 g/mol. The van der Waals surface area contributed by atoms with Crippen LogP contribution in [0.2, 0.25) is 0 Å². The second kappa shape index (κ2) is 6.13. The monoisotopic (exact) mass is 385 g/mol. The molecule has 0 unspecified atom stereocenters. The lowest BCUT2D eigenvalue weighted by molar-refractivity contribution is 0.393. The van der Waals surface area contributed by atoms with Crippen molar-refractivity contribution in [3.8, 4) is 22.3 Å². The largest absolute Gasteiger partial charge is 0.361 e. The van der Waals surface area contributed by atoms with Crippen LogP contribution >= 0.6 is 0 Å². The fraction of sp³-hybridized carbons (Fsp3) is 0.182. The number of hydrogen-bond acceptors (Lipinski definition) is 5. The van der Waals surface area contributed by atoms with E-state index in [4.69, 9.17) is 4.52 Å². The molecule has 1 N–H and O–H groups in total. The number of benzene rings is 2. The van der Waals surface area contributed by atoms with Gasteiger partial charge in [-0.2, -0.15) is 10.2 Å². The number of hydrogen-bond donors (Lipinski definition) is 1. The van der Waals surface area contributed by atoms with Gasteiger partial charge in [-0.3, -0.25) is 4.57 Å². The molecule has 7 nitrogen and oxygen atoms in total. The number of H-pyrrole nitrogens is 1. The summed E-state index contributed by atoms with van der Waals surface area (Å²) in [6.07, 6.45) is 0. The molecule has 144 valence electrons. The molecule has 0 bridgehead atoms. The highest BCUT2D eigenvalue weighted by Crippen LogP contribution is 2.38. The molecule has 0 radical (unpaired) electrons. The zero-order chi connectivity index (χ0) is 20.3. The van der Waals surface area contributed by atoms with Crippen molar-refractivity contribution in [2.75, 3.05) is 0 Å². The van der Waals surface area contributed by atoms with Crippen molar-refractivity contribution in [3.63, 3.8) is 0 Å².